The molecule has 0 saturated carbocycles. The summed E-state index contributed by atoms with van der Waals surface area (Å²) in [4.78, 5) is 11.0. The van der Waals surface area contributed by atoms with Crippen molar-refractivity contribution in [3.63, 3.8) is 0 Å². The monoisotopic (exact) mass is 288 g/mol. The normalized spacial score (nSPS) is 11.1. The Morgan fingerprint density at radius 2 is 2.16 bits per heavy atom. The Bertz CT molecular complexity index is 556. The van der Waals surface area contributed by atoms with Gasteiger partial charge in [-0.3, -0.25) is 0 Å². The minimum atomic E-state index is -3.50. The van der Waals surface area contributed by atoms with Gasteiger partial charge < -0.3 is 15.2 Å². The molecule has 0 spiro atoms. The highest BCUT2D eigenvalue weighted by atomic mass is 32.2. The number of anilines is 1. The molecule has 0 amide bonds. The number of aromatic carboxylic acids is 1. The molecular formula is C11H16N2O5S. The quantitative estimate of drug-likeness (QED) is 0.628. The molecule has 4 N–H and O–H groups in total. The summed E-state index contributed by atoms with van der Waals surface area (Å²) in [6.07, 6.45) is 0.287. The molecule has 0 unspecified atom stereocenters. The molecule has 0 bridgehead atoms. The van der Waals surface area contributed by atoms with Gasteiger partial charge >= 0.3 is 5.97 Å². The number of primary sulfonamides is 1. The second-order valence-corrected chi connectivity index (χ2v) is 5.60. The lowest BCUT2D eigenvalue weighted by molar-refractivity contribution is 0.0698. The predicted octanol–water partition coefficient (Wildman–Crippen LogP) is 0.484. The zero-order valence-corrected chi connectivity index (χ0v) is 11.2. The highest BCUT2D eigenvalue weighted by Gasteiger charge is 2.11. The van der Waals surface area contributed by atoms with Crippen LogP contribution in [0.4, 0.5) is 5.69 Å². The average Bonchev–Trinajstić information content (AvgIpc) is 2.33. The van der Waals surface area contributed by atoms with Crippen molar-refractivity contribution in [1.29, 1.82) is 0 Å². The van der Waals surface area contributed by atoms with Gasteiger partial charge in [0.15, 0.2) is 0 Å². The predicted molar refractivity (Wildman–Crippen MR) is 71.0 cm³/mol. The van der Waals surface area contributed by atoms with E-state index in [9.17, 15) is 13.2 Å². The number of carbonyl (C=O) groups is 1. The van der Waals surface area contributed by atoms with E-state index in [0.717, 1.165) is 0 Å². The first-order valence-electron chi connectivity index (χ1n) is 5.49. The van der Waals surface area contributed by atoms with E-state index in [4.69, 9.17) is 15.0 Å². The van der Waals surface area contributed by atoms with E-state index in [2.05, 4.69) is 5.32 Å². The molecule has 0 aromatic heterocycles. The third kappa shape index (κ3) is 5.14. The van der Waals surface area contributed by atoms with Crippen LogP contribution in [-0.2, 0) is 10.0 Å². The van der Waals surface area contributed by atoms with E-state index < -0.39 is 16.0 Å². The summed E-state index contributed by atoms with van der Waals surface area (Å²) < 4.78 is 26.5. The first-order chi connectivity index (χ1) is 8.83. The minimum absolute atomic E-state index is 0.0939. The van der Waals surface area contributed by atoms with Crippen LogP contribution in [0.1, 0.15) is 16.8 Å². The summed E-state index contributed by atoms with van der Waals surface area (Å²) in [5.41, 5.74) is 0.470. The summed E-state index contributed by atoms with van der Waals surface area (Å²) in [5.74, 6) is -0.720. The first kappa shape index (κ1) is 15.3. The van der Waals surface area contributed by atoms with Crippen LogP contribution in [0, 0.1) is 0 Å². The van der Waals surface area contributed by atoms with Gasteiger partial charge in [-0.1, -0.05) is 0 Å². The van der Waals surface area contributed by atoms with Crippen LogP contribution in [0.2, 0.25) is 0 Å². The van der Waals surface area contributed by atoms with Crippen molar-refractivity contribution in [3.8, 4) is 5.75 Å². The lowest BCUT2D eigenvalue weighted by atomic mass is 10.1. The second-order valence-electron chi connectivity index (χ2n) is 3.86. The van der Waals surface area contributed by atoms with Crippen LogP contribution >= 0.6 is 0 Å². The SMILES string of the molecule is COc1ccc(C(=O)O)c(NCCCS(N)(=O)=O)c1. The summed E-state index contributed by atoms with van der Waals surface area (Å²) in [7, 11) is -2.03. The minimum Gasteiger partial charge on any atom is -0.497 e. The molecule has 0 fully saturated rings. The Kier molecular flexibility index (Phi) is 5.13. The molecule has 1 rings (SSSR count). The van der Waals surface area contributed by atoms with E-state index in [1.807, 2.05) is 0 Å². The molecule has 1 aromatic carbocycles. The summed E-state index contributed by atoms with van der Waals surface area (Å²) in [6, 6.07) is 4.50. The van der Waals surface area contributed by atoms with E-state index in [-0.39, 0.29) is 17.7 Å². The van der Waals surface area contributed by atoms with Gasteiger partial charge in [-0.05, 0) is 18.6 Å². The van der Waals surface area contributed by atoms with Crippen LogP contribution in [0.3, 0.4) is 0 Å². The summed E-state index contributed by atoms with van der Waals surface area (Å²) in [5, 5.41) is 16.7. The van der Waals surface area contributed by atoms with Crippen molar-refractivity contribution in [2.45, 2.75) is 6.42 Å². The zero-order chi connectivity index (χ0) is 14.5. The maximum absolute atomic E-state index is 11.0. The molecule has 0 atom stereocenters. The van der Waals surface area contributed by atoms with Crippen molar-refractivity contribution in [2.75, 3.05) is 24.7 Å². The lowest BCUT2D eigenvalue weighted by Crippen LogP contribution is -2.19. The number of hydrogen-bond donors (Lipinski definition) is 3. The van der Waals surface area contributed by atoms with Gasteiger partial charge in [0.2, 0.25) is 10.0 Å². The maximum atomic E-state index is 11.0. The van der Waals surface area contributed by atoms with Crippen molar-refractivity contribution in [1.82, 2.24) is 0 Å². The highest BCUT2D eigenvalue weighted by Crippen LogP contribution is 2.22. The Labute approximate surface area is 111 Å². The zero-order valence-electron chi connectivity index (χ0n) is 10.4. The van der Waals surface area contributed by atoms with Gasteiger partial charge in [-0.25, -0.2) is 18.4 Å². The van der Waals surface area contributed by atoms with Crippen LogP contribution in [0.15, 0.2) is 18.2 Å². The number of benzene rings is 1. The van der Waals surface area contributed by atoms with Gasteiger partial charge in [0.1, 0.15) is 5.75 Å². The fourth-order valence-electron chi connectivity index (χ4n) is 1.48. The van der Waals surface area contributed by atoms with Gasteiger partial charge in [0.05, 0.1) is 24.1 Å². The van der Waals surface area contributed by atoms with E-state index in [0.29, 0.717) is 18.0 Å². The fraction of sp³-hybridized carbons (Fsp3) is 0.364. The molecule has 0 aliphatic rings. The summed E-state index contributed by atoms with van der Waals surface area (Å²) in [6.45, 7) is 0.296. The van der Waals surface area contributed by atoms with Gasteiger partial charge in [-0.15, -0.1) is 0 Å². The van der Waals surface area contributed by atoms with E-state index in [1.165, 1.54) is 13.2 Å². The number of carboxylic acids is 1. The number of rotatable bonds is 7. The second kappa shape index (κ2) is 6.39. The number of carboxylic acid groups (broad SMARTS) is 1. The molecule has 7 nitrogen and oxygen atoms in total. The van der Waals surface area contributed by atoms with Crippen LogP contribution in [-0.4, -0.2) is 38.9 Å². The molecule has 0 heterocycles. The fourth-order valence-corrected chi connectivity index (χ4v) is 2.03. The van der Waals surface area contributed by atoms with Gasteiger partial charge in [-0.2, -0.15) is 0 Å². The molecular weight excluding hydrogens is 272 g/mol. The number of hydrogen-bond acceptors (Lipinski definition) is 5. The Morgan fingerprint density at radius 3 is 2.68 bits per heavy atom. The number of nitrogens with one attached hydrogen (secondary N) is 1. The number of nitrogens with two attached hydrogens (primary N) is 1. The largest absolute Gasteiger partial charge is 0.497 e. The van der Waals surface area contributed by atoms with E-state index >= 15 is 0 Å². The maximum Gasteiger partial charge on any atom is 0.337 e. The van der Waals surface area contributed by atoms with Gasteiger partial charge in [0.25, 0.3) is 0 Å². The molecule has 0 saturated heterocycles. The van der Waals surface area contributed by atoms with Crippen molar-refractivity contribution >= 4 is 21.7 Å². The molecule has 8 heteroatoms. The number of ether oxygens (including phenoxy) is 1. The molecule has 0 radical (unpaired) electrons. The van der Waals surface area contributed by atoms with Crippen LogP contribution in [0.5, 0.6) is 5.75 Å². The number of methoxy groups -OCH3 is 1. The molecule has 19 heavy (non-hydrogen) atoms. The smallest absolute Gasteiger partial charge is 0.337 e. The van der Waals surface area contributed by atoms with Crippen molar-refractivity contribution in [3.05, 3.63) is 23.8 Å². The molecule has 1 aromatic rings. The summed E-state index contributed by atoms with van der Waals surface area (Å²) >= 11 is 0. The Morgan fingerprint density at radius 1 is 1.47 bits per heavy atom. The third-order valence-electron chi connectivity index (χ3n) is 2.38. The number of sulfonamides is 1. The average molecular weight is 288 g/mol. The molecule has 106 valence electrons. The topological polar surface area (TPSA) is 119 Å². The van der Waals surface area contributed by atoms with Crippen LogP contribution < -0.4 is 15.2 Å². The van der Waals surface area contributed by atoms with Crippen molar-refractivity contribution in [2.24, 2.45) is 5.14 Å². The Balaban J connectivity index is 2.72. The van der Waals surface area contributed by atoms with Crippen LogP contribution in [0.25, 0.3) is 0 Å². The Hall–Kier alpha value is -1.80. The standard InChI is InChI=1S/C11H16N2O5S/c1-18-8-3-4-9(11(14)15)10(7-8)13-5-2-6-19(12,16)17/h3-4,7,13H,2,5-6H2,1H3,(H,14,15)(H2,12,16,17). The van der Waals surface area contributed by atoms with E-state index in [1.54, 1.807) is 12.1 Å². The third-order valence-corrected chi connectivity index (χ3v) is 3.24. The first-order valence-corrected chi connectivity index (χ1v) is 7.20. The van der Waals surface area contributed by atoms with Crippen molar-refractivity contribution < 1.29 is 23.1 Å². The molecule has 0 aliphatic heterocycles. The highest BCUT2D eigenvalue weighted by molar-refractivity contribution is 7.89. The lowest BCUT2D eigenvalue weighted by Gasteiger charge is -2.11. The molecule has 0 aliphatic carbocycles. The van der Waals surface area contributed by atoms with Gasteiger partial charge in [0, 0.05) is 12.6 Å².